The smallest absolute Gasteiger partial charge is 0.341 e. The Bertz CT molecular complexity index is 285. The molecular weight excluding hydrogens is 158 g/mol. The Kier molecular flexibility index (Phi) is 2.63. The second-order valence-electron chi connectivity index (χ2n) is 2.32. The van der Waals surface area contributed by atoms with Crippen molar-refractivity contribution in [3.05, 3.63) is 24.0 Å². The predicted molar refractivity (Wildman–Crippen MR) is 42.1 cm³/mol. The number of carboxylic acids is 1. The van der Waals surface area contributed by atoms with E-state index in [1.165, 1.54) is 0 Å². The lowest BCUT2D eigenvalue weighted by Gasteiger charge is -2.04. The molecule has 0 aliphatic heterocycles. The maximum atomic E-state index is 10.1. The van der Waals surface area contributed by atoms with Gasteiger partial charge in [-0.2, -0.15) is 0 Å². The SMILES string of the molecule is Cc1cnccc1OCC(=O)O. The van der Waals surface area contributed by atoms with E-state index in [1.807, 2.05) is 6.92 Å². The summed E-state index contributed by atoms with van der Waals surface area (Å²) in [5.41, 5.74) is 0.832. The van der Waals surface area contributed by atoms with E-state index >= 15 is 0 Å². The Labute approximate surface area is 69.8 Å². The highest BCUT2D eigenvalue weighted by Gasteiger charge is 2.00. The summed E-state index contributed by atoms with van der Waals surface area (Å²) in [5.74, 6) is -0.418. The van der Waals surface area contributed by atoms with Gasteiger partial charge >= 0.3 is 5.97 Å². The zero-order chi connectivity index (χ0) is 8.97. The van der Waals surface area contributed by atoms with Crippen LogP contribution in [0.2, 0.25) is 0 Å². The highest BCUT2D eigenvalue weighted by atomic mass is 16.5. The van der Waals surface area contributed by atoms with Gasteiger partial charge in [-0.05, 0) is 13.0 Å². The van der Waals surface area contributed by atoms with Crippen LogP contribution in [-0.2, 0) is 4.79 Å². The molecule has 0 aliphatic rings. The van der Waals surface area contributed by atoms with Crippen LogP contribution in [0, 0.1) is 6.92 Å². The molecule has 1 aromatic rings. The van der Waals surface area contributed by atoms with Crippen molar-refractivity contribution < 1.29 is 14.6 Å². The van der Waals surface area contributed by atoms with Crippen LogP contribution in [-0.4, -0.2) is 22.7 Å². The number of hydrogen-bond acceptors (Lipinski definition) is 3. The van der Waals surface area contributed by atoms with Gasteiger partial charge < -0.3 is 9.84 Å². The first-order valence-corrected chi connectivity index (χ1v) is 3.45. The average Bonchev–Trinajstić information content (AvgIpc) is 2.03. The van der Waals surface area contributed by atoms with Gasteiger partial charge in [0.1, 0.15) is 5.75 Å². The average molecular weight is 167 g/mol. The number of ether oxygens (including phenoxy) is 1. The van der Waals surface area contributed by atoms with Crippen LogP contribution in [0.3, 0.4) is 0 Å². The highest BCUT2D eigenvalue weighted by molar-refractivity contribution is 5.68. The van der Waals surface area contributed by atoms with E-state index in [4.69, 9.17) is 9.84 Å². The monoisotopic (exact) mass is 167 g/mol. The fourth-order valence-corrected chi connectivity index (χ4v) is 0.762. The summed E-state index contributed by atoms with van der Waals surface area (Å²) in [4.78, 5) is 14.0. The second-order valence-corrected chi connectivity index (χ2v) is 2.32. The summed E-state index contributed by atoms with van der Waals surface area (Å²) in [6.45, 7) is 1.50. The van der Waals surface area contributed by atoms with Gasteiger partial charge in [-0.15, -0.1) is 0 Å². The molecule has 12 heavy (non-hydrogen) atoms. The van der Waals surface area contributed by atoms with E-state index < -0.39 is 5.97 Å². The lowest BCUT2D eigenvalue weighted by atomic mass is 10.3. The van der Waals surface area contributed by atoms with Crippen molar-refractivity contribution in [2.75, 3.05) is 6.61 Å². The van der Waals surface area contributed by atoms with E-state index in [1.54, 1.807) is 18.5 Å². The molecule has 0 saturated heterocycles. The number of aromatic nitrogens is 1. The third kappa shape index (κ3) is 2.23. The quantitative estimate of drug-likeness (QED) is 0.725. The first-order chi connectivity index (χ1) is 5.70. The van der Waals surface area contributed by atoms with E-state index in [9.17, 15) is 4.79 Å². The fourth-order valence-electron chi connectivity index (χ4n) is 0.762. The predicted octanol–water partition coefficient (Wildman–Crippen LogP) is 0.853. The topological polar surface area (TPSA) is 59.4 Å². The zero-order valence-corrected chi connectivity index (χ0v) is 6.65. The van der Waals surface area contributed by atoms with Crippen molar-refractivity contribution in [1.29, 1.82) is 0 Å². The summed E-state index contributed by atoms with van der Waals surface area (Å²) in [6, 6.07) is 1.64. The van der Waals surface area contributed by atoms with Gasteiger partial charge in [-0.1, -0.05) is 0 Å². The number of carbonyl (C=O) groups is 1. The number of nitrogens with zero attached hydrogens (tertiary/aromatic N) is 1. The summed E-state index contributed by atoms with van der Waals surface area (Å²) >= 11 is 0. The zero-order valence-electron chi connectivity index (χ0n) is 6.65. The Hall–Kier alpha value is -1.58. The highest BCUT2D eigenvalue weighted by Crippen LogP contribution is 2.13. The molecule has 0 atom stereocenters. The number of aryl methyl sites for hydroxylation is 1. The first-order valence-electron chi connectivity index (χ1n) is 3.45. The lowest BCUT2D eigenvalue weighted by Crippen LogP contribution is -2.09. The molecule has 4 nitrogen and oxygen atoms in total. The summed E-state index contributed by atoms with van der Waals surface area (Å²) in [7, 11) is 0. The molecule has 0 spiro atoms. The molecule has 0 radical (unpaired) electrons. The van der Waals surface area contributed by atoms with Gasteiger partial charge in [0, 0.05) is 18.0 Å². The van der Waals surface area contributed by atoms with Crippen molar-refractivity contribution >= 4 is 5.97 Å². The van der Waals surface area contributed by atoms with Gasteiger partial charge in [-0.3, -0.25) is 4.98 Å². The van der Waals surface area contributed by atoms with Crippen molar-refractivity contribution in [3.63, 3.8) is 0 Å². The van der Waals surface area contributed by atoms with Gasteiger partial charge in [0.05, 0.1) is 0 Å². The van der Waals surface area contributed by atoms with Crippen LogP contribution in [0.15, 0.2) is 18.5 Å². The van der Waals surface area contributed by atoms with Crippen molar-refractivity contribution in [1.82, 2.24) is 4.98 Å². The third-order valence-corrected chi connectivity index (χ3v) is 1.32. The van der Waals surface area contributed by atoms with Crippen LogP contribution in [0.4, 0.5) is 0 Å². The number of carboxylic acid groups (broad SMARTS) is 1. The molecular formula is C8H9NO3. The van der Waals surface area contributed by atoms with Crippen molar-refractivity contribution in [2.24, 2.45) is 0 Å². The lowest BCUT2D eigenvalue weighted by molar-refractivity contribution is -0.139. The summed E-state index contributed by atoms with van der Waals surface area (Å²) in [5, 5.41) is 8.33. The Morgan fingerprint density at radius 3 is 3.08 bits per heavy atom. The van der Waals surface area contributed by atoms with Gasteiger partial charge in [-0.25, -0.2) is 4.79 Å². The normalized spacial score (nSPS) is 9.42. The minimum atomic E-state index is -0.980. The first kappa shape index (κ1) is 8.52. The maximum absolute atomic E-state index is 10.1. The van der Waals surface area contributed by atoms with Crippen molar-refractivity contribution in [3.8, 4) is 5.75 Å². The minimum absolute atomic E-state index is 0.315. The van der Waals surface area contributed by atoms with Gasteiger partial charge in [0.15, 0.2) is 6.61 Å². The molecule has 4 heteroatoms. The van der Waals surface area contributed by atoms with Crippen molar-refractivity contribution in [2.45, 2.75) is 6.92 Å². The van der Waals surface area contributed by atoms with Crippen LogP contribution >= 0.6 is 0 Å². The summed E-state index contributed by atoms with van der Waals surface area (Å²) < 4.78 is 4.96. The van der Waals surface area contributed by atoms with Crippen LogP contribution in [0.1, 0.15) is 5.56 Å². The Morgan fingerprint density at radius 1 is 1.75 bits per heavy atom. The number of pyridine rings is 1. The molecule has 0 aromatic carbocycles. The van der Waals surface area contributed by atoms with Crippen LogP contribution in [0.5, 0.6) is 5.75 Å². The summed E-state index contributed by atoms with van der Waals surface area (Å²) in [6.07, 6.45) is 3.18. The molecule has 0 fully saturated rings. The standard InChI is InChI=1S/C8H9NO3/c1-6-4-9-3-2-7(6)12-5-8(10)11/h2-4H,5H2,1H3,(H,10,11). The van der Waals surface area contributed by atoms with Gasteiger partial charge in [0.25, 0.3) is 0 Å². The molecule has 1 aromatic heterocycles. The molecule has 1 rings (SSSR count). The number of aliphatic carboxylic acids is 1. The largest absolute Gasteiger partial charge is 0.482 e. The molecule has 64 valence electrons. The maximum Gasteiger partial charge on any atom is 0.341 e. The molecule has 1 N–H and O–H groups in total. The molecule has 0 bridgehead atoms. The second kappa shape index (κ2) is 3.71. The van der Waals surface area contributed by atoms with E-state index in [0.717, 1.165) is 5.56 Å². The van der Waals surface area contributed by atoms with Crippen LogP contribution < -0.4 is 4.74 Å². The Balaban J connectivity index is 2.63. The Morgan fingerprint density at radius 2 is 2.50 bits per heavy atom. The molecule has 0 unspecified atom stereocenters. The third-order valence-electron chi connectivity index (χ3n) is 1.32. The molecule has 0 saturated carbocycles. The number of rotatable bonds is 3. The fraction of sp³-hybridized carbons (Fsp3) is 0.250. The number of hydrogen-bond donors (Lipinski definition) is 1. The van der Waals surface area contributed by atoms with Gasteiger partial charge in [0.2, 0.25) is 0 Å². The molecule has 0 aliphatic carbocycles. The van der Waals surface area contributed by atoms with Crippen LogP contribution in [0.25, 0.3) is 0 Å². The minimum Gasteiger partial charge on any atom is -0.482 e. The van der Waals surface area contributed by atoms with E-state index in [0.29, 0.717) is 5.75 Å². The molecule has 1 heterocycles. The van der Waals surface area contributed by atoms with E-state index in [-0.39, 0.29) is 6.61 Å². The van der Waals surface area contributed by atoms with E-state index in [2.05, 4.69) is 4.98 Å². The molecule has 0 amide bonds.